The molecule has 3 amide bonds. The highest BCUT2D eigenvalue weighted by Gasteiger charge is 2.25. The number of piperidine rings is 1. The summed E-state index contributed by atoms with van der Waals surface area (Å²) in [5, 5.41) is 12.5. The van der Waals surface area contributed by atoms with E-state index in [2.05, 4.69) is 40.9 Å². The van der Waals surface area contributed by atoms with Crippen LogP contribution in [0.5, 0.6) is 0 Å². The Morgan fingerprint density at radius 2 is 1.69 bits per heavy atom. The molecule has 3 aromatic rings. The lowest BCUT2D eigenvalue weighted by atomic mass is 9.96. The molecule has 2 aromatic heterocycles. The molecule has 4 rings (SSSR count). The minimum atomic E-state index is -0.235. The summed E-state index contributed by atoms with van der Waals surface area (Å²) >= 11 is 0. The molecule has 188 valence electrons. The topological polar surface area (TPSA) is 147 Å². The molecule has 3 heterocycles. The first kappa shape index (κ1) is 24.8. The SMILES string of the molecule is CCC(=O)Nc1ccc(C(=O)NCCNC(=O)C2CCN(c3cc(-n4cncn4)ncn3)CC2)cc1. The molecule has 12 heteroatoms. The minimum absolute atomic E-state index is 0.00842. The third-order valence-electron chi connectivity index (χ3n) is 5.94. The van der Waals surface area contributed by atoms with Crippen LogP contribution in [-0.2, 0) is 9.59 Å². The van der Waals surface area contributed by atoms with E-state index in [0.717, 1.165) is 5.82 Å². The molecular weight excluding hydrogens is 462 g/mol. The standard InChI is InChI=1S/C24H29N9O3/c1-2-22(34)31-19-5-3-17(4-6-19)23(35)26-9-10-27-24(36)18-7-11-32(12-8-18)20-13-21(29-15-28-20)33-16-25-14-30-33/h3-6,13-16,18H,2,7-12H2,1H3,(H,26,35)(H,27,36)(H,31,34). The highest BCUT2D eigenvalue weighted by atomic mass is 16.2. The van der Waals surface area contributed by atoms with E-state index in [1.807, 2.05) is 6.07 Å². The smallest absolute Gasteiger partial charge is 0.251 e. The molecule has 12 nitrogen and oxygen atoms in total. The number of anilines is 2. The molecule has 1 aromatic carbocycles. The van der Waals surface area contributed by atoms with Gasteiger partial charge in [0, 0.05) is 55.8 Å². The summed E-state index contributed by atoms with van der Waals surface area (Å²) in [5.41, 5.74) is 1.13. The molecule has 1 saturated heterocycles. The van der Waals surface area contributed by atoms with Crippen LogP contribution >= 0.6 is 0 Å². The molecule has 3 N–H and O–H groups in total. The Labute approximate surface area is 208 Å². The second kappa shape index (κ2) is 11.9. The molecule has 36 heavy (non-hydrogen) atoms. The van der Waals surface area contributed by atoms with Gasteiger partial charge in [-0.15, -0.1) is 0 Å². The Bertz CT molecular complexity index is 1170. The summed E-state index contributed by atoms with van der Waals surface area (Å²) in [7, 11) is 0. The van der Waals surface area contributed by atoms with Gasteiger partial charge in [-0.3, -0.25) is 14.4 Å². The van der Waals surface area contributed by atoms with Crippen molar-refractivity contribution in [3.8, 4) is 5.82 Å². The molecule has 0 radical (unpaired) electrons. The third kappa shape index (κ3) is 6.40. The van der Waals surface area contributed by atoms with Gasteiger partial charge >= 0.3 is 0 Å². The fourth-order valence-electron chi connectivity index (χ4n) is 3.90. The Morgan fingerprint density at radius 3 is 2.39 bits per heavy atom. The predicted octanol–water partition coefficient (Wildman–Crippen LogP) is 1.17. The van der Waals surface area contributed by atoms with E-state index in [9.17, 15) is 14.4 Å². The zero-order chi connectivity index (χ0) is 25.3. The number of nitrogens with one attached hydrogen (secondary N) is 3. The summed E-state index contributed by atoms with van der Waals surface area (Å²) in [6.07, 6.45) is 6.34. The fraction of sp³-hybridized carbons (Fsp3) is 0.375. The normalized spacial score (nSPS) is 13.8. The molecular formula is C24H29N9O3. The van der Waals surface area contributed by atoms with Gasteiger partial charge < -0.3 is 20.9 Å². The van der Waals surface area contributed by atoms with Crippen LogP contribution in [0, 0.1) is 5.92 Å². The molecule has 0 atom stereocenters. The lowest BCUT2D eigenvalue weighted by Gasteiger charge is -2.32. The number of nitrogens with zero attached hydrogens (tertiary/aromatic N) is 6. The van der Waals surface area contributed by atoms with E-state index in [1.165, 1.54) is 12.7 Å². The van der Waals surface area contributed by atoms with Crippen LogP contribution in [-0.4, -0.2) is 68.6 Å². The molecule has 0 spiro atoms. The first-order valence-electron chi connectivity index (χ1n) is 11.9. The Morgan fingerprint density at radius 1 is 0.972 bits per heavy atom. The number of benzene rings is 1. The zero-order valence-electron chi connectivity index (χ0n) is 20.1. The van der Waals surface area contributed by atoms with Crippen LogP contribution in [0.2, 0.25) is 0 Å². The summed E-state index contributed by atoms with van der Waals surface area (Å²) in [6.45, 7) is 3.86. The maximum absolute atomic E-state index is 12.6. The van der Waals surface area contributed by atoms with Gasteiger partial charge in [-0.1, -0.05) is 6.92 Å². The van der Waals surface area contributed by atoms with Gasteiger partial charge in [-0.2, -0.15) is 5.10 Å². The molecule has 0 aliphatic carbocycles. The maximum Gasteiger partial charge on any atom is 0.251 e. The molecule has 1 aliphatic heterocycles. The lowest BCUT2D eigenvalue weighted by Crippen LogP contribution is -2.42. The number of aromatic nitrogens is 5. The van der Waals surface area contributed by atoms with E-state index in [4.69, 9.17) is 0 Å². The fourth-order valence-corrected chi connectivity index (χ4v) is 3.90. The summed E-state index contributed by atoms with van der Waals surface area (Å²) in [4.78, 5) is 51.0. The number of rotatable bonds is 9. The van der Waals surface area contributed by atoms with Gasteiger partial charge in [-0.05, 0) is 37.1 Å². The van der Waals surface area contributed by atoms with Crippen molar-refractivity contribution < 1.29 is 14.4 Å². The Balaban J connectivity index is 1.17. The number of hydrogen-bond donors (Lipinski definition) is 3. The highest BCUT2D eigenvalue weighted by molar-refractivity contribution is 5.95. The zero-order valence-corrected chi connectivity index (χ0v) is 20.1. The number of amides is 3. The van der Waals surface area contributed by atoms with Crippen molar-refractivity contribution in [2.24, 2.45) is 5.92 Å². The monoisotopic (exact) mass is 491 g/mol. The van der Waals surface area contributed by atoms with Crippen molar-refractivity contribution in [2.45, 2.75) is 26.2 Å². The van der Waals surface area contributed by atoms with Crippen LogP contribution in [0.4, 0.5) is 11.5 Å². The molecule has 1 aliphatic rings. The summed E-state index contributed by atoms with van der Waals surface area (Å²) < 4.78 is 1.58. The third-order valence-corrected chi connectivity index (χ3v) is 5.94. The average molecular weight is 492 g/mol. The summed E-state index contributed by atoms with van der Waals surface area (Å²) in [6, 6.07) is 8.53. The number of hydrogen-bond acceptors (Lipinski definition) is 8. The van der Waals surface area contributed by atoms with Crippen LogP contribution < -0.4 is 20.9 Å². The van der Waals surface area contributed by atoms with Crippen molar-refractivity contribution >= 4 is 29.2 Å². The van der Waals surface area contributed by atoms with Crippen molar-refractivity contribution in [1.82, 2.24) is 35.4 Å². The van der Waals surface area contributed by atoms with Crippen molar-refractivity contribution in [2.75, 3.05) is 36.4 Å². The van der Waals surface area contributed by atoms with Crippen LogP contribution in [0.15, 0.2) is 49.3 Å². The quantitative estimate of drug-likeness (QED) is 0.378. The molecule has 1 fully saturated rings. The van der Waals surface area contributed by atoms with Crippen molar-refractivity contribution in [1.29, 1.82) is 0 Å². The largest absolute Gasteiger partial charge is 0.356 e. The lowest BCUT2D eigenvalue weighted by molar-refractivity contribution is -0.125. The van der Waals surface area contributed by atoms with E-state index in [0.29, 0.717) is 62.5 Å². The van der Waals surface area contributed by atoms with Gasteiger partial charge in [-0.25, -0.2) is 19.6 Å². The number of carbonyl (C=O) groups excluding carboxylic acids is 3. The van der Waals surface area contributed by atoms with E-state index in [-0.39, 0.29) is 23.6 Å². The molecule has 0 saturated carbocycles. The molecule has 0 bridgehead atoms. The molecule has 0 unspecified atom stereocenters. The second-order valence-corrected chi connectivity index (χ2v) is 8.36. The average Bonchev–Trinajstić information content (AvgIpc) is 3.47. The predicted molar refractivity (Wildman–Crippen MR) is 133 cm³/mol. The second-order valence-electron chi connectivity index (χ2n) is 8.36. The van der Waals surface area contributed by atoms with Crippen LogP contribution in [0.1, 0.15) is 36.5 Å². The maximum atomic E-state index is 12.6. The van der Waals surface area contributed by atoms with Gasteiger partial charge in [0.05, 0.1) is 0 Å². The van der Waals surface area contributed by atoms with E-state index < -0.39 is 0 Å². The number of carbonyl (C=O) groups is 3. The Hall–Kier alpha value is -4.35. The Kier molecular flexibility index (Phi) is 8.16. The first-order chi connectivity index (χ1) is 17.5. The first-order valence-corrected chi connectivity index (χ1v) is 11.9. The minimum Gasteiger partial charge on any atom is -0.356 e. The summed E-state index contributed by atoms with van der Waals surface area (Å²) in [5.74, 6) is 1.02. The van der Waals surface area contributed by atoms with Crippen LogP contribution in [0.25, 0.3) is 5.82 Å². The van der Waals surface area contributed by atoms with Gasteiger partial charge in [0.15, 0.2) is 5.82 Å². The van der Waals surface area contributed by atoms with Gasteiger partial charge in [0.25, 0.3) is 5.91 Å². The van der Waals surface area contributed by atoms with Crippen molar-refractivity contribution in [3.05, 3.63) is 54.9 Å². The van der Waals surface area contributed by atoms with Crippen LogP contribution in [0.3, 0.4) is 0 Å². The van der Waals surface area contributed by atoms with E-state index in [1.54, 1.807) is 42.2 Å². The van der Waals surface area contributed by atoms with Crippen molar-refractivity contribution in [3.63, 3.8) is 0 Å². The van der Waals surface area contributed by atoms with Gasteiger partial charge in [0.1, 0.15) is 24.8 Å². The van der Waals surface area contributed by atoms with E-state index >= 15 is 0 Å². The highest BCUT2D eigenvalue weighted by Crippen LogP contribution is 2.22. The van der Waals surface area contributed by atoms with Gasteiger partial charge in [0.2, 0.25) is 11.8 Å².